The van der Waals surface area contributed by atoms with Crippen LogP contribution in [0.4, 0.5) is 0 Å². The van der Waals surface area contributed by atoms with Crippen LogP contribution in [0, 0.1) is 0 Å². The standard InChI is InChI=1S/C15H20N4O2S.ClH/c1-2-19-11-13(9-17-19)22(20,21)18-10-15-14-6-4-3-5-12(14)7-8-16-15;/h3-6,9,11,15-16,18H,2,7-8,10H2,1H3;1H. The molecule has 3 rings (SSSR count). The molecule has 1 aromatic carbocycles. The summed E-state index contributed by atoms with van der Waals surface area (Å²) >= 11 is 0. The molecule has 126 valence electrons. The third-order valence-corrected chi connectivity index (χ3v) is 5.32. The summed E-state index contributed by atoms with van der Waals surface area (Å²) in [6.45, 7) is 3.75. The number of rotatable bonds is 5. The molecule has 0 saturated carbocycles. The van der Waals surface area contributed by atoms with E-state index in [0.717, 1.165) is 13.0 Å². The van der Waals surface area contributed by atoms with Crippen molar-refractivity contribution in [3.05, 3.63) is 47.8 Å². The molecule has 2 aromatic rings. The number of hydrogen-bond acceptors (Lipinski definition) is 4. The van der Waals surface area contributed by atoms with Gasteiger partial charge in [-0.1, -0.05) is 24.3 Å². The highest BCUT2D eigenvalue weighted by atomic mass is 35.5. The Kier molecular flexibility index (Phi) is 5.80. The van der Waals surface area contributed by atoms with Crippen molar-refractivity contribution < 1.29 is 8.42 Å². The number of aryl methyl sites for hydroxylation is 1. The predicted octanol–water partition coefficient (Wildman–Crippen LogP) is 1.49. The van der Waals surface area contributed by atoms with Crippen LogP contribution in [0.5, 0.6) is 0 Å². The van der Waals surface area contributed by atoms with E-state index in [1.165, 1.54) is 17.3 Å². The molecular weight excluding hydrogens is 336 g/mol. The number of fused-ring (bicyclic) bond motifs is 1. The first kappa shape index (κ1) is 17.9. The van der Waals surface area contributed by atoms with E-state index >= 15 is 0 Å². The maximum absolute atomic E-state index is 12.3. The van der Waals surface area contributed by atoms with Gasteiger partial charge < -0.3 is 5.32 Å². The lowest BCUT2D eigenvalue weighted by atomic mass is 9.95. The first-order valence-corrected chi connectivity index (χ1v) is 8.92. The molecule has 0 amide bonds. The Labute approximate surface area is 142 Å². The van der Waals surface area contributed by atoms with Crippen LogP contribution < -0.4 is 10.0 Å². The number of nitrogens with zero attached hydrogens (tertiary/aromatic N) is 2. The van der Waals surface area contributed by atoms with Gasteiger partial charge in [-0.3, -0.25) is 4.68 Å². The fourth-order valence-electron chi connectivity index (χ4n) is 2.71. The highest BCUT2D eigenvalue weighted by Crippen LogP contribution is 2.22. The van der Waals surface area contributed by atoms with Gasteiger partial charge in [0.05, 0.1) is 6.20 Å². The monoisotopic (exact) mass is 356 g/mol. The zero-order chi connectivity index (χ0) is 15.6. The third-order valence-electron chi connectivity index (χ3n) is 3.94. The van der Waals surface area contributed by atoms with Crippen LogP contribution >= 0.6 is 12.4 Å². The normalized spacial score (nSPS) is 17.3. The van der Waals surface area contributed by atoms with Crippen LogP contribution in [-0.2, 0) is 23.0 Å². The number of sulfonamides is 1. The molecule has 0 spiro atoms. The second-order valence-electron chi connectivity index (χ2n) is 5.34. The largest absolute Gasteiger partial charge is 0.308 e. The number of nitrogens with one attached hydrogen (secondary N) is 2. The van der Waals surface area contributed by atoms with E-state index < -0.39 is 10.0 Å². The van der Waals surface area contributed by atoms with Crippen molar-refractivity contribution in [2.75, 3.05) is 13.1 Å². The Hall–Kier alpha value is -1.41. The van der Waals surface area contributed by atoms with E-state index in [4.69, 9.17) is 0 Å². The average molecular weight is 357 g/mol. The van der Waals surface area contributed by atoms with Gasteiger partial charge >= 0.3 is 0 Å². The lowest BCUT2D eigenvalue weighted by Gasteiger charge is -2.27. The summed E-state index contributed by atoms with van der Waals surface area (Å²) in [7, 11) is -3.52. The second-order valence-corrected chi connectivity index (χ2v) is 7.11. The SMILES string of the molecule is CCn1cc(S(=O)(=O)NCC2NCCc3ccccc32)cn1.Cl. The Morgan fingerprint density at radius 1 is 1.39 bits per heavy atom. The van der Waals surface area contributed by atoms with E-state index in [-0.39, 0.29) is 23.3 Å². The lowest BCUT2D eigenvalue weighted by molar-refractivity contribution is 0.491. The van der Waals surface area contributed by atoms with Crippen molar-refractivity contribution in [1.82, 2.24) is 19.8 Å². The van der Waals surface area contributed by atoms with Gasteiger partial charge in [0.15, 0.2) is 0 Å². The van der Waals surface area contributed by atoms with Crippen LogP contribution in [0.15, 0.2) is 41.6 Å². The summed E-state index contributed by atoms with van der Waals surface area (Å²) < 4.78 is 28.9. The van der Waals surface area contributed by atoms with Crippen LogP contribution in [0.3, 0.4) is 0 Å². The summed E-state index contributed by atoms with van der Waals surface area (Å²) in [5.41, 5.74) is 2.45. The fraction of sp³-hybridized carbons (Fsp3) is 0.400. The Bertz CT molecular complexity index is 760. The van der Waals surface area contributed by atoms with Gasteiger partial charge in [0.25, 0.3) is 0 Å². The molecule has 0 saturated heterocycles. The van der Waals surface area contributed by atoms with Crippen LogP contribution in [-0.4, -0.2) is 31.3 Å². The van der Waals surface area contributed by atoms with Gasteiger partial charge in [0.2, 0.25) is 10.0 Å². The molecule has 0 radical (unpaired) electrons. The van der Waals surface area contributed by atoms with Gasteiger partial charge in [-0.25, -0.2) is 13.1 Å². The molecule has 1 aromatic heterocycles. The summed E-state index contributed by atoms with van der Waals surface area (Å²) in [5, 5.41) is 7.38. The zero-order valence-electron chi connectivity index (χ0n) is 12.9. The molecule has 0 fully saturated rings. The molecule has 2 N–H and O–H groups in total. The smallest absolute Gasteiger partial charge is 0.243 e. The lowest BCUT2D eigenvalue weighted by Crippen LogP contribution is -2.38. The topological polar surface area (TPSA) is 76.0 Å². The van der Waals surface area contributed by atoms with Gasteiger partial charge in [-0.15, -0.1) is 12.4 Å². The number of aromatic nitrogens is 2. The van der Waals surface area contributed by atoms with Crippen molar-refractivity contribution in [2.24, 2.45) is 0 Å². The highest BCUT2D eigenvalue weighted by Gasteiger charge is 2.22. The zero-order valence-corrected chi connectivity index (χ0v) is 14.5. The Morgan fingerprint density at radius 3 is 2.91 bits per heavy atom. The van der Waals surface area contributed by atoms with E-state index in [0.29, 0.717) is 13.1 Å². The molecule has 1 aliphatic rings. The molecule has 1 atom stereocenters. The first-order chi connectivity index (χ1) is 10.6. The Balaban J connectivity index is 0.00000192. The van der Waals surface area contributed by atoms with E-state index in [2.05, 4.69) is 27.3 Å². The van der Waals surface area contributed by atoms with E-state index in [9.17, 15) is 8.42 Å². The summed E-state index contributed by atoms with van der Waals surface area (Å²) in [6.07, 6.45) is 3.90. The number of hydrogen-bond donors (Lipinski definition) is 2. The Morgan fingerprint density at radius 2 is 2.17 bits per heavy atom. The van der Waals surface area contributed by atoms with Gasteiger partial charge in [-0.05, 0) is 31.0 Å². The van der Waals surface area contributed by atoms with Crippen molar-refractivity contribution in [3.63, 3.8) is 0 Å². The van der Waals surface area contributed by atoms with Crippen molar-refractivity contribution >= 4 is 22.4 Å². The molecule has 1 aliphatic heterocycles. The third kappa shape index (κ3) is 3.92. The van der Waals surface area contributed by atoms with Gasteiger partial charge in [0, 0.05) is 25.3 Å². The van der Waals surface area contributed by atoms with Crippen molar-refractivity contribution in [2.45, 2.75) is 30.8 Å². The minimum atomic E-state index is -3.52. The quantitative estimate of drug-likeness (QED) is 0.851. The minimum absolute atomic E-state index is 0. The summed E-state index contributed by atoms with van der Waals surface area (Å²) in [5.74, 6) is 0. The van der Waals surface area contributed by atoms with E-state index in [1.807, 2.05) is 19.1 Å². The highest BCUT2D eigenvalue weighted by molar-refractivity contribution is 7.89. The van der Waals surface area contributed by atoms with Gasteiger partial charge in [-0.2, -0.15) is 5.10 Å². The molecular formula is C15H21ClN4O2S. The van der Waals surface area contributed by atoms with E-state index in [1.54, 1.807) is 10.9 Å². The molecule has 0 aliphatic carbocycles. The molecule has 2 heterocycles. The molecule has 6 nitrogen and oxygen atoms in total. The summed E-state index contributed by atoms with van der Waals surface area (Å²) in [6, 6.07) is 8.16. The molecule has 8 heteroatoms. The number of halogens is 1. The fourth-order valence-corrected chi connectivity index (χ4v) is 3.71. The molecule has 1 unspecified atom stereocenters. The van der Waals surface area contributed by atoms with Gasteiger partial charge in [0.1, 0.15) is 4.90 Å². The van der Waals surface area contributed by atoms with Crippen LogP contribution in [0.25, 0.3) is 0 Å². The predicted molar refractivity (Wildman–Crippen MR) is 91.2 cm³/mol. The maximum atomic E-state index is 12.3. The second kappa shape index (κ2) is 7.44. The molecule has 0 bridgehead atoms. The number of benzene rings is 1. The molecule has 23 heavy (non-hydrogen) atoms. The van der Waals surface area contributed by atoms with Crippen LogP contribution in [0.2, 0.25) is 0 Å². The van der Waals surface area contributed by atoms with Crippen molar-refractivity contribution in [3.8, 4) is 0 Å². The first-order valence-electron chi connectivity index (χ1n) is 7.43. The van der Waals surface area contributed by atoms with Crippen LogP contribution in [0.1, 0.15) is 24.1 Å². The minimum Gasteiger partial charge on any atom is -0.308 e. The van der Waals surface area contributed by atoms with Crippen molar-refractivity contribution in [1.29, 1.82) is 0 Å². The summed E-state index contributed by atoms with van der Waals surface area (Å²) in [4.78, 5) is 0.207. The average Bonchev–Trinajstić information content (AvgIpc) is 3.03. The maximum Gasteiger partial charge on any atom is 0.243 e.